The highest BCUT2D eigenvalue weighted by Gasteiger charge is 2.44. The highest BCUT2D eigenvalue weighted by Crippen LogP contribution is 2.51. The summed E-state index contributed by atoms with van der Waals surface area (Å²) in [5.41, 5.74) is 8.69. The molecular formula is C13H20N2O. The molecule has 2 rings (SSSR count). The van der Waals surface area contributed by atoms with Crippen molar-refractivity contribution in [2.45, 2.75) is 18.3 Å². The Bertz CT molecular complexity index is 384. The molecule has 0 aromatic heterocycles. The average molecular weight is 220 g/mol. The molecule has 1 aliphatic carbocycles. The number of anilines is 1. The lowest BCUT2D eigenvalue weighted by molar-refractivity contribution is 0.413. The summed E-state index contributed by atoms with van der Waals surface area (Å²) in [5, 5.41) is 0. The molecule has 0 amide bonds. The van der Waals surface area contributed by atoms with E-state index in [-0.39, 0.29) is 5.41 Å². The molecule has 0 bridgehead atoms. The van der Waals surface area contributed by atoms with Crippen molar-refractivity contribution < 1.29 is 4.74 Å². The monoisotopic (exact) mass is 220 g/mol. The summed E-state index contributed by atoms with van der Waals surface area (Å²) >= 11 is 0. The lowest BCUT2D eigenvalue weighted by Crippen LogP contribution is -2.23. The molecule has 0 spiro atoms. The lowest BCUT2D eigenvalue weighted by Gasteiger charge is -2.23. The molecule has 0 unspecified atom stereocenters. The first-order valence-corrected chi connectivity index (χ1v) is 5.69. The number of hydrogen-bond acceptors (Lipinski definition) is 3. The molecule has 0 radical (unpaired) electrons. The predicted molar refractivity (Wildman–Crippen MR) is 67.3 cm³/mol. The highest BCUT2D eigenvalue weighted by atomic mass is 16.5. The van der Waals surface area contributed by atoms with Gasteiger partial charge in [-0.3, -0.25) is 0 Å². The second-order valence-corrected chi connectivity index (χ2v) is 4.76. The molecule has 16 heavy (non-hydrogen) atoms. The smallest absolute Gasteiger partial charge is 0.119 e. The van der Waals surface area contributed by atoms with E-state index in [1.54, 1.807) is 7.11 Å². The second-order valence-electron chi connectivity index (χ2n) is 4.76. The van der Waals surface area contributed by atoms with E-state index in [0.717, 1.165) is 12.3 Å². The van der Waals surface area contributed by atoms with Crippen LogP contribution in [-0.4, -0.2) is 27.7 Å². The molecule has 0 saturated heterocycles. The Morgan fingerprint density at radius 2 is 2.06 bits per heavy atom. The van der Waals surface area contributed by atoms with Crippen LogP contribution in [0.3, 0.4) is 0 Å². The predicted octanol–water partition coefficient (Wildman–Crippen LogP) is 1.75. The second kappa shape index (κ2) is 3.98. The Kier molecular flexibility index (Phi) is 2.80. The number of nitrogens with two attached hydrogens (primary N) is 1. The van der Waals surface area contributed by atoms with Crippen molar-refractivity contribution in [3.63, 3.8) is 0 Å². The lowest BCUT2D eigenvalue weighted by atomic mass is 9.93. The first kappa shape index (κ1) is 11.3. The van der Waals surface area contributed by atoms with E-state index < -0.39 is 0 Å². The zero-order valence-electron chi connectivity index (χ0n) is 10.3. The van der Waals surface area contributed by atoms with Crippen LogP contribution in [-0.2, 0) is 5.41 Å². The molecule has 1 saturated carbocycles. The Morgan fingerprint density at radius 3 is 2.50 bits per heavy atom. The van der Waals surface area contributed by atoms with Crippen LogP contribution in [0.4, 0.5) is 5.69 Å². The van der Waals surface area contributed by atoms with Gasteiger partial charge in [0.05, 0.1) is 7.11 Å². The first-order valence-electron chi connectivity index (χ1n) is 5.69. The minimum Gasteiger partial charge on any atom is -0.497 e. The molecule has 0 heterocycles. The molecule has 1 aliphatic rings. The van der Waals surface area contributed by atoms with Gasteiger partial charge in [0.25, 0.3) is 0 Å². The standard InChI is InChI=1S/C13H20N2O/c1-15(2)12-5-4-10(16-3)8-11(12)13(9-14)6-7-13/h4-5,8H,6-7,9,14H2,1-3H3. The molecule has 1 fully saturated rings. The molecule has 2 N–H and O–H groups in total. The van der Waals surface area contributed by atoms with Crippen LogP contribution in [0.2, 0.25) is 0 Å². The third-order valence-corrected chi connectivity index (χ3v) is 3.50. The van der Waals surface area contributed by atoms with E-state index in [1.165, 1.54) is 24.1 Å². The van der Waals surface area contributed by atoms with Crippen molar-refractivity contribution in [3.8, 4) is 5.75 Å². The molecule has 0 aliphatic heterocycles. The van der Waals surface area contributed by atoms with Gasteiger partial charge >= 0.3 is 0 Å². The summed E-state index contributed by atoms with van der Waals surface area (Å²) in [7, 11) is 5.84. The van der Waals surface area contributed by atoms with Crippen molar-refractivity contribution in [2.75, 3.05) is 32.6 Å². The van der Waals surface area contributed by atoms with Crippen molar-refractivity contribution in [2.24, 2.45) is 5.73 Å². The first-order chi connectivity index (χ1) is 7.63. The fourth-order valence-corrected chi connectivity index (χ4v) is 2.19. The van der Waals surface area contributed by atoms with E-state index in [0.29, 0.717) is 0 Å². The SMILES string of the molecule is COc1ccc(N(C)C)c(C2(CN)CC2)c1. The number of ether oxygens (including phenoxy) is 1. The zero-order chi connectivity index (χ0) is 11.8. The molecular weight excluding hydrogens is 200 g/mol. The summed E-state index contributed by atoms with van der Waals surface area (Å²) in [5.74, 6) is 0.917. The van der Waals surface area contributed by atoms with E-state index in [1.807, 2.05) is 6.07 Å². The van der Waals surface area contributed by atoms with E-state index in [9.17, 15) is 0 Å². The number of rotatable bonds is 4. The summed E-state index contributed by atoms with van der Waals surface area (Å²) in [6.07, 6.45) is 2.38. The third-order valence-electron chi connectivity index (χ3n) is 3.50. The normalized spacial score (nSPS) is 17.0. The largest absolute Gasteiger partial charge is 0.497 e. The Hall–Kier alpha value is -1.22. The van der Waals surface area contributed by atoms with Crippen LogP contribution in [0.1, 0.15) is 18.4 Å². The van der Waals surface area contributed by atoms with Crippen LogP contribution in [0.25, 0.3) is 0 Å². The number of hydrogen-bond donors (Lipinski definition) is 1. The van der Waals surface area contributed by atoms with Gasteiger partial charge < -0.3 is 15.4 Å². The summed E-state index contributed by atoms with van der Waals surface area (Å²) in [6.45, 7) is 0.723. The Balaban J connectivity index is 2.47. The van der Waals surface area contributed by atoms with Crippen LogP contribution < -0.4 is 15.4 Å². The molecule has 3 nitrogen and oxygen atoms in total. The average Bonchev–Trinajstić information content (AvgIpc) is 3.09. The Labute approximate surface area is 97.2 Å². The van der Waals surface area contributed by atoms with Gasteiger partial charge in [-0.2, -0.15) is 0 Å². The van der Waals surface area contributed by atoms with Gasteiger partial charge in [0.2, 0.25) is 0 Å². The van der Waals surface area contributed by atoms with Crippen molar-refractivity contribution in [1.29, 1.82) is 0 Å². The Morgan fingerprint density at radius 1 is 1.38 bits per heavy atom. The number of methoxy groups -OCH3 is 1. The van der Waals surface area contributed by atoms with Gasteiger partial charge in [-0.1, -0.05) is 0 Å². The van der Waals surface area contributed by atoms with E-state index >= 15 is 0 Å². The molecule has 0 atom stereocenters. The molecule has 1 aromatic rings. The van der Waals surface area contributed by atoms with Gasteiger partial charge in [-0.05, 0) is 36.6 Å². The maximum atomic E-state index is 5.90. The molecule has 3 heteroatoms. The maximum Gasteiger partial charge on any atom is 0.119 e. The van der Waals surface area contributed by atoms with Crippen LogP contribution >= 0.6 is 0 Å². The van der Waals surface area contributed by atoms with Gasteiger partial charge in [0.1, 0.15) is 5.75 Å². The summed E-state index contributed by atoms with van der Waals surface area (Å²) in [6, 6.07) is 6.25. The summed E-state index contributed by atoms with van der Waals surface area (Å²) < 4.78 is 5.30. The van der Waals surface area contributed by atoms with Crippen LogP contribution in [0.15, 0.2) is 18.2 Å². The van der Waals surface area contributed by atoms with Crippen LogP contribution in [0, 0.1) is 0 Å². The van der Waals surface area contributed by atoms with E-state index in [2.05, 4.69) is 31.1 Å². The highest BCUT2D eigenvalue weighted by molar-refractivity contribution is 5.60. The van der Waals surface area contributed by atoms with Gasteiger partial charge in [0, 0.05) is 31.7 Å². The molecule has 1 aromatic carbocycles. The zero-order valence-corrected chi connectivity index (χ0v) is 10.3. The topological polar surface area (TPSA) is 38.5 Å². The fraction of sp³-hybridized carbons (Fsp3) is 0.538. The fourth-order valence-electron chi connectivity index (χ4n) is 2.19. The van der Waals surface area contributed by atoms with Gasteiger partial charge in [-0.25, -0.2) is 0 Å². The van der Waals surface area contributed by atoms with E-state index in [4.69, 9.17) is 10.5 Å². The number of benzene rings is 1. The van der Waals surface area contributed by atoms with Gasteiger partial charge in [-0.15, -0.1) is 0 Å². The molecule has 88 valence electrons. The third kappa shape index (κ3) is 1.76. The maximum absolute atomic E-state index is 5.90. The van der Waals surface area contributed by atoms with Crippen molar-refractivity contribution >= 4 is 5.69 Å². The number of nitrogens with zero attached hydrogens (tertiary/aromatic N) is 1. The van der Waals surface area contributed by atoms with Gasteiger partial charge in [0.15, 0.2) is 0 Å². The quantitative estimate of drug-likeness (QED) is 0.840. The minimum atomic E-state index is 0.203. The minimum absolute atomic E-state index is 0.203. The summed E-state index contributed by atoms with van der Waals surface area (Å²) in [4.78, 5) is 2.14. The van der Waals surface area contributed by atoms with Crippen molar-refractivity contribution in [1.82, 2.24) is 0 Å². The van der Waals surface area contributed by atoms with Crippen molar-refractivity contribution in [3.05, 3.63) is 23.8 Å². The van der Waals surface area contributed by atoms with Crippen LogP contribution in [0.5, 0.6) is 5.75 Å².